The summed E-state index contributed by atoms with van der Waals surface area (Å²) in [5.41, 5.74) is 3.85. The molecule has 1 aromatic carbocycles. The third kappa shape index (κ3) is 4.23. The number of fused-ring (bicyclic) bond motifs is 1. The van der Waals surface area contributed by atoms with Crippen LogP contribution in [0.5, 0.6) is 0 Å². The van der Waals surface area contributed by atoms with Gasteiger partial charge in [0.1, 0.15) is 17.7 Å². The second kappa shape index (κ2) is 8.75. The van der Waals surface area contributed by atoms with Crippen LogP contribution in [0.3, 0.4) is 0 Å². The number of rotatable bonds is 7. The van der Waals surface area contributed by atoms with Crippen molar-refractivity contribution < 1.29 is 9.18 Å². The van der Waals surface area contributed by atoms with Gasteiger partial charge in [0.2, 0.25) is 5.91 Å². The first-order valence-corrected chi connectivity index (χ1v) is 10.5. The molecule has 0 saturated heterocycles. The highest BCUT2D eigenvalue weighted by Crippen LogP contribution is 2.36. The third-order valence-corrected chi connectivity index (χ3v) is 5.67. The van der Waals surface area contributed by atoms with Crippen LogP contribution in [0.4, 0.5) is 21.6 Å². The molecule has 2 aromatic heterocycles. The zero-order chi connectivity index (χ0) is 22.0. The van der Waals surface area contributed by atoms with Crippen molar-refractivity contribution in [3.63, 3.8) is 0 Å². The second-order valence-corrected chi connectivity index (χ2v) is 7.70. The maximum atomic E-state index is 13.1. The maximum absolute atomic E-state index is 13.1. The van der Waals surface area contributed by atoms with Gasteiger partial charge >= 0.3 is 0 Å². The Morgan fingerprint density at radius 2 is 1.87 bits per heavy atom. The highest BCUT2D eigenvalue weighted by Gasteiger charge is 2.34. The van der Waals surface area contributed by atoms with E-state index in [1.165, 1.54) is 12.1 Å². The summed E-state index contributed by atoms with van der Waals surface area (Å²) >= 11 is 0. The largest absolute Gasteiger partial charge is 0.366 e. The molecule has 4 rings (SSSR count). The number of hydrogen-bond acceptors (Lipinski definition) is 5. The van der Waals surface area contributed by atoms with E-state index in [1.807, 2.05) is 48.9 Å². The Morgan fingerprint density at radius 1 is 1.10 bits per heavy atom. The van der Waals surface area contributed by atoms with Crippen LogP contribution in [0.2, 0.25) is 0 Å². The van der Waals surface area contributed by atoms with Crippen molar-refractivity contribution >= 4 is 23.1 Å². The van der Waals surface area contributed by atoms with E-state index in [0.717, 1.165) is 34.7 Å². The van der Waals surface area contributed by atoms with Crippen molar-refractivity contribution in [3.05, 3.63) is 65.9 Å². The molecule has 1 unspecified atom stereocenters. The summed E-state index contributed by atoms with van der Waals surface area (Å²) in [6.45, 7) is 5.79. The quantitative estimate of drug-likeness (QED) is 0.630. The average Bonchev–Trinajstić information content (AvgIpc) is 3.22. The fraction of sp³-hybridized carbons (Fsp3) is 0.348. The molecule has 0 radical (unpaired) electrons. The third-order valence-electron chi connectivity index (χ3n) is 5.67. The molecule has 8 heteroatoms. The summed E-state index contributed by atoms with van der Waals surface area (Å²) in [7, 11) is 1.96. The van der Waals surface area contributed by atoms with Gasteiger partial charge in [-0.15, -0.1) is 0 Å². The molecule has 1 aliphatic rings. The SMILES string of the molecule is CCC1C(=O)N(CC)c2cnc(NCc3cnn(Cc4ccc(F)cc4)c3)cc2N1C. The molecule has 1 amide bonds. The summed E-state index contributed by atoms with van der Waals surface area (Å²) in [5.74, 6) is 0.627. The van der Waals surface area contributed by atoms with E-state index in [0.29, 0.717) is 19.6 Å². The number of carbonyl (C=O) groups excluding carboxylic acids is 1. The first-order valence-electron chi connectivity index (χ1n) is 10.5. The normalized spacial score (nSPS) is 15.9. The van der Waals surface area contributed by atoms with Crippen LogP contribution < -0.4 is 15.1 Å². The van der Waals surface area contributed by atoms with Gasteiger partial charge in [-0.05, 0) is 31.0 Å². The Balaban J connectivity index is 1.45. The Bertz CT molecular complexity index is 1060. The molecular formula is C23H27FN6O. The van der Waals surface area contributed by atoms with Gasteiger partial charge in [0.15, 0.2) is 0 Å². The number of carbonyl (C=O) groups is 1. The zero-order valence-electron chi connectivity index (χ0n) is 18.0. The molecule has 1 N–H and O–H groups in total. The molecule has 3 aromatic rings. The number of nitrogens with one attached hydrogen (secondary N) is 1. The van der Waals surface area contributed by atoms with Crippen molar-refractivity contribution in [2.24, 2.45) is 0 Å². The van der Waals surface area contributed by atoms with Crippen molar-refractivity contribution in [3.8, 4) is 0 Å². The van der Waals surface area contributed by atoms with Crippen LogP contribution in [0.1, 0.15) is 31.4 Å². The van der Waals surface area contributed by atoms with E-state index in [4.69, 9.17) is 0 Å². The van der Waals surface area contributed by atoms with Gasteiger partial charge < -0.3 is 15.1 Å². The number of benzene rings is 1. The Morgan fingerprint density at radius 3 is 2.58 bits per heavy atom. The lowest BCUT2D eigenvalue weighted by Crippen LogP contribution is -2.51. The Kier molecular flexibility index (Phi) is 5.88. The van der Waals surface area contributed by atoms with E-state index in [-0.39, 0.29) is 17.8 Å². The van der Waals surface area contributed by atoms with Crippen LogP contribution in [-0.2, 0) is 17.9 Å². The monoisotopic (exact) mass is 422 g/mol. The van der Waals surface area contributed by atoms with Crippen molar-refractivity contribution in [1.82, 2.24) is 14.8 Å². The first-order chi connectivity index (χ1) is 15.0. The van der Waals surface area contributed by atoms with Crippen molar-refractivity contribution in [2.75, 3.05) is 28.7 Å². The second-order valence-electron chi connectivity index (χ2n) is 7.70. The van der Waals surface area contributed by atoms with Gasteiger partial charge in [-0.25, -0.2) is 9.37 Å². The first kappa shape index (κ1) is 20.8. The number of aromatic nitrogens is 3. The number of nitrogens with zero attached hydrogens (tertiary/aromatic N) is 5. The van der Waals surface area contributed by atoms with Crippen LogP contribution in [0.25, 0.3) is 0 Å². The fourth-order valence-corrected chi connectivity index (χ4v) is 3.99. The molecule has 1 atom stereocenters. The van der Waals surface area contributed by atoms with Crippen LogP contribution in [-0.4, -0.2) is 40.3 Å². The smallest absolute Gasteiger partial charge is 0.249 e. The Labute approximate surface area is 181 Å². The lowest BCUT2D eigenvalue weighted by molar-refractivity contribution is -0.120. The molecule has 162 valence electrons. The molecule has 0 aliphatic carbocycles. The lowest BCUT2D eigenvalue weighted by Gasteiger charge is -2.40. The molecule has 0 bridgehead atoms. The van der Waals surface area contributed by atoms with Crippen LogP contribution in [0.15, 0.2) is 48.9 Å². The van der Waals surface area contributed by atoms with E-state index in [2.05, 4.69) is 15.4 Å². The minimum absolute atomic E-state index is 0.121. The average molecular weight is 423 g/mol. The van der Waals surface area contributed by atoms with Crippen LogP contribution in [0, 0.1) is 5.82 Å². The lowest BCUT2D eigenvalue weighted by atomic mass is 10.1. The molecule has 31 heavy (non-hydrogen) atoms. The van der Waals surface area contributed by atoms with Crippen molar-refractivity contribution in [2.45, 2.75) is 39.4 Å². The molecule has 3 heterocycles. The predicted molar refractivity (Wildman–Crippen MR) is 120 cm³/mol. The molecule has 0 fully saturated rings. The minimum Gasteiger partial charge on any atom is -0.366 e. The van der Waals surface area contributed by atoms with Gasteiger partial charge in [-0.3, -0.25) is 9.48 Å². The van der Waals surface area contributed by atoms with E-state index in [9.17, 15) is 9.18 Å². The highest BCUT2D eigenvalue weighted by molar-refractivity contribution is 6.05. The van der Waals surface area contributed by atoms with Crippen molar-refractivity contribution in [1.29, 1.82) is 0 Å². The van der Waals surface area contributed by atoms with Gasteiger partial charge in [0.25, 0.3) is 0 Å². The van der Waals surface area contributed by atoms with Gasteiger partial charge in [0, 0.05) is 38.0 Å². The summed E-state index contributed by atoms with van der Waals surface area (Å²) in [6.07, 6.45) is 6.29. The maximum Gasteiger partial charge on any atom is 0.249 e. The number of hydrogen-bond donors (Lipinski definition) is 1. The van der Waals surface area contributed by atoms with E-state index < -0.39 is 0 Å². The fourth-order valence-electron chi connectivity index (χ4n) is 3.99. The topological polar surface area (TPSA) is 66.3 Å². The summed E-state index contributed by atoms with van der Waals surface area (Å²) in [6, 6.07) is 8.27. The van der Waals surface area contributed by atoms with Gasteiger partial charge in [-0.2, -0.15) is 5.10 Å². The van der Waals surface area contributed by atoms with E-state index in [1.54, 1.807) is 23.2 Å². The molecule has 0 saturated carbocycles. The molecule has 1 aliphatic heterocycles. The number of likely N-dealkylation sites (N-methyl/N-ethyl adjacent to an activating group) is 2. The van der Waals surface area contributed by atoms with Crippen LogP contribution >= 0.6 is 0 Å². The highest BCUT2D eigenvalue weighted by atomic mass is 19.1. The number of halogens is 1. The van der Waals surface area contributed by atoms with Gasteiger partial charge in [0.05, 0.1) is 30.3 Å². The standard InChI is InChI=1S/C23H27FN6O/c1-4-19-23(31)30(5-2)21-13-26-22(10-20(21)28(19)3)25-11-17-12-27-29(15-17)14-16-6-8-18(24)9-7-16/h6-10,12-13,15,19H,4-5,11,14H2,1-3H3,(H,25,26). The number of anilines is 3. The Hall–Kier alpha value is -3.42. The number of pyridine rings is 1. The van der Waals surface area contributed by atoms with Gasteiger partial charge in [-0.1, -0.05) is 19.1 Å². The summed E-state index contributed by atoms with van der Waals surface area (Å²) in [5, 5.41) is 7.74. The minimum atomic E-state index is -0.242. The molecular weight excluding hydrogens is 395 g/mol. The number of amides is 1. The summed E-state index contributed by atoms with van der Waals surface area (Å²) in [4.78, 5) is 21.1. The zero-order valence-corrected chi connectivity index (χ0v) is 18.0. The molecule has 7 nitrogen and oxygen atoms in total. The summed E-state index contributed by atoms with van der Waals surface area (Å²) < 4.78 is 14.9. The van der Waals surface area contributed by atoms with E-state index >= 15 is 0 Å². The molecule has 0 spiro atoms. The predicted octanol–water partition coefficient (Wildman–Crippen LogP) is 3.66.